The second kappa shape index (κ2) is 6.28. The zero-order valence-corrected chi connectivity index (χ0v) is 11.3. The number of hydrogen-bond donors (Lipinski definition) is 1. The number of aliphatic hydroxyl groups excluding tert-OH is 1. The first-order valence-corrected chi connectivity index (χ1v) is 6.96. The molecule has 0 aliphatic carbocycles. The molecule has 2 rings (SSSR count). The quantitative estimate of drug-likeness (QED) is 0.864. The van der Waals surface area contributed by atoms with Crippen molar-refractivity contribution in [3.8, 4) is 17.6 Å². The van der Waals surface area contributed by atoms with Crippen molar-refractivity contribution in [2.24, 2.45) is 0 Å². The number of aliphatic hydroxyl groups is 1. The number of nitriles is 1. The summed E-state index contributed by atoms with van der Waals surface area (Å²) < 4.78 is 5.77. The molecule has 0 atom stereocenters. The van der Waals surface area contributed by atoms with Crippen molar-refractivity contribution >= 4 is 11.8 Å². The zero-order valence-electron chi connectivity index (χ0n) is 10.5. The molecule has 0 bridgehead atoms. The minimum absolute atomic E-state index is 0.0969. The third-order valence-electron chi connectivity index (χ3n) is 2.68. The van der Waals surface area contributed by atoms with Crippen molar-refractivity contribution in [1.82, 2.24) is 0 Å². The third-order valence-corrected chi connectivity index (χ3v) is 3.46. The van der Waals surface area contributed by atoms with E-state index in [0.29, 0.717) is 22.6 Å². The van der Waals surface area contributed by atoms with Crippen LogP contribution in [-0.4, -0.2) is 11.4 Å². The highest BCUT2D eigenvalue weighted by Crippen LogP contribution is 2.32. The highest BCUT2D eigenvalue weighted by atomic mass is 32.2. The first-order valence-electron chi connectivity index (χ1n) is 5.74. The molecular weight excluding hydrogens is 258 g/mol. The molecule has 19 heavy (non-hydrogen) atoms. The summed E-state index contributed by atoms with van der Waals surface area (Å²) in [7, 11) is 0. The summed E-state index contributed by atoms with van der Waals surface area (Å²) in [5.74, 6) is 1.08. The fourth-order valence-corrected chi connectivity index (χ4v) is 2.29. The summed E-state index contributed by atoms with van der Waals surface area (Å²) in [6.45, 7) is -0.0969. The third kappa shape index (κ3) is 2.90. The van der Waals surface area contributed by atoms with Gasteiger partial charge in [0.2, 0.25) is 0 Å². The van der Waals surface area contributed by atoms with Crippen molar-refractivity contribution in [2.45, 2.75) is 11.5 Å². The average Bonchev–Trinajstić information content (AvgIpc) is 2.47. The molecule has 0 aliphatic rings. The maximum absolute atomic E-state index is 9.27. The smallest absolute Gasteiger partial charge is 0.146 e. The fourth-order valence-electron chi connectivity index (χ4n) is 1.73. The van der Waals surface area contributed by atoms with Gasteiger partial charge in [-0.2, -0.15) is 5.26 Å². The molecule has 0 unspecified atom stereocenters. The molecule has 4 heteroatoms. The standard InChI is InChI=1S/C15H13NO2S/c1-19-15-8-4-7-14(12(15)9-16)18-13-6-3-2-5-11(13)10-17/h2-8,17H,10H2,1H3. The van der Waals surface area contributed by atoms with Crippen molar-refractivity contribution in [2.75, 3.05) is 6.26 Å². The van der Waals surface area contributed by atoms with Crippen LogP contribution in [0.5, 0.6) is 11.5 Å². The second-order valence-corrected chi connectivity index (χ2v) is 4.66. The number of rotatable bonds is 4. The molecule has 96 valence electrons. The number of para-hydroxylation sites is 1. The largest absolute Gasteiger partial charge is 0.456 e. The van der Waals surface area contributed by atoms with Crippen LogP contribution in [0.4, 0.5) is 0 Å². The number of thioether (sulfide) groups is 1. The van der Waals surface area contributed by atoms with Gasteiger partial charge in [0.15, 0.2) is 0 Å². The highest BCUT2D eigenvalue weighted by molar-refractivity contribution is 7.98. The van der Waals surface area contributed by atoms with E-state index in [9.17, 15) is 10.4 Å². The minimum atomic E-state index is -0.0969. The summed E-state index contributed by atoms with van der Waals surface area (Å²) in [6, 6.07) is 14.9. The molecule has 2 aromatic rings. The van der Waals surface area contributed by atoms with Crippen LogP contribution in [0.3, 0.4) is 0 Å². The van der Waals surface area contributed by atoms with E-state index in [1.54, 1.807) is 18.2 Å². The van der Waals surface area contributed by atoms with Gasteiger partial charge in [-0.3, -0.25) is 0 Å². The molecular formula is C15H13NO2S. The van der Waals surface area contributed by atoms with Gasteiger partial charge in [0.05, 0.1) is 6.61 Å². The SMILES string of the molecule is CSc1cccc(Oc2ccccc2CO)c1C#N. The predicted octanol–water partition coefficient (Wildman–Crippen LogP) is 3.56. The number of hydrogen-bond acceptors (Lipinski definition) is 4. The lowest BCUT2D eigenvalue weighted by Gasteiger charge is -2.12. The van der Waals surface area contributed by atoms with E-state index in [1.807, 2.05) is 30.5 Å². The van der Waals surface area contributed by atoms with Crippen LogP contribution in [0, 0.1) is 11.3 Å². The molecule has 2 aromatic carbocycles. The normalized spacial score (nSPS) is 9.95. The summed E-state index contributed by atoms with van der Waals surface area (Å²) in [4.78, 5) is 0.876. The van der Waals surface area contributed by atoms with Crippen LogP contribution in [0.1, 0.15) is 11.1 Å². The molecule has 0 amide bonds. The summed E-state index contributed by atoms with van der Waals surface area (Å²) in [5.41, 5.74) is 1.21. The Labute approximate surface area is 116 Å². The van der Waals surface area contributed by atoms with Crippen molar-refractivity contribution in [1.29, 1.82) is 5.26 Å². The fraction of sp³-hybridized carbons (Fsp3) is 0.133. The molecule has 0 radical (unpaired) electrons. The Kier molecular flexibility index (Phi) is 4.45. The van der Waals surface area contributed by atoms with Crippen molar-refractivity contribution in [3.63, 3.8) is 0 Å². The molecule has 3 nitrogen and oxygen atoms in total. The van der Waals surface area contributed by atoms with Gasteiger partial charge in [0, 0.05) is 10.5 Å². The average molecular weight is 271 g/mol. The molecule has 0 aromatic heterocycles. The molecule has 0 aliphatic heterocycles. The monoisotopic (exact) mass is 271 g/mol. The van der Waals surface area contributed by atoms with Crippen LogP contribution in [0.2, 0.25) is 0 Å². The zero-order chi connectivity index (χ0) is 13.7. The summed E-state index contributed by atoms with van der Waals surface area (Å²) in [6.07, 6.45) is 1.92. The Morgan fingerprint density at radius 1 is 1.16 bits per heavy atom. The van der Waals surface area contributed by atoms with E-state index in [1.165, 1.54) is 11.8 Å². The Morgan fingerprint density at radius 3 is 2.58 bits per heavy atom. The molecule has 0 spiro atoms. The van der Waals surface area contributed by atoms with Gasteiger partial charge in [-0.25, -0.2) is 0 Å². The van der Waals surface area contributed by atoms with Gasteiger partial charge in [0.25, 0.3) is 0 Å². The van der Waals surface area contributed by atoms with E-state index in [2.05, 4.69) is 6.07 Å². The van der Waals surface area contributed by atoms with Crippen molar-refractivity contribution < 1.29 is 9.84 Å². The van der Waals surface area contributed by atoms with E-state index in [-0.39, 0.29) is 6.61 Å². The molecule has 1 N–H and O–H groups in total. The Balaban J connectivity index is 2.41. The van der Waals surface area contributed by atoms with Crippen LogP contribution in [-0.2, 0) is 6.61 Å². The molecule has 0 saturated carbocycles. The number of ether oxygens (including phenoxy) is 1. The number of benzene rings is 2. The lowest BCUT2D eigenvalue weighted by atomic mass is 10.2. The summed E-state index contributed by atoms with van der Waals surface area (Å²) >= 11 is 1.50. The Morgan fingerprint density at radius 2 is 1.89 bits per heavy atom. The highest BCUT2D eigenvalue weighted by Gasteiger charge is 2.11. The van der Waals surface area contributed by atoms with Crippen LogP contribution in [0.25, 0.3) is 0 Å². The minimum Gasteiger partial charge on any atom is -0.456 e. The first-order chi connectivity index (χ1) is 9.30. The Hall–Kier alpha value is -1.96. The van der Waals surface area contributed by atoms with Crippen LogP contribution < -0.4 is 4.74 Å². The van der Waals surface area contributed by atoms with E-state index < -0.39 is 0 Å². The van der Waals surface area contributed by atoms with E-state index >= 15 is 0 Å². The summed E-state index contributed by atoms with van der Waals surface area (Å²) in [5, 5.41) is 18.5. The van der Waals surface area contributed by atoms with E-state index in [0.717, 1.165) is 4.90 Å². The lowest BCUT2D eigenvalue weighted by Crippen LogP contribution is -1.94. The number of nitrogens with zero attached hydrogens (tertiary/aromatic N) is 1. The maximum atomic E-state index is 9.27. The second-order valence-electron chi connectivity index (χ2n) is 3.81. The van der Waals surface area contributed by atoms with Gasteiger partial charge < -0.3 is 9.84 Å². The first kappa shape index (κ1) is 13.5. The van der Waals surface area contributed by atoms with Gasteiger partial charge in [-0.1, -0.05) is 24.3 Å². The van der Waals surface area contributed by atoms with E-state index in [4.69, 9.17) is 4.74 Å². The predicted molar refractivity (Wildman–Crippen MR) is 75.4 cm³/mol. The van der Waals surface area contributed by atoms with Gasteiger partial charge in [-0.15, -0.1) is 11.8 Å². The van der Waals surface area contributed by atoms with Gasteiger partial charge >= 0.3 is 0 Å². The lowest BCUT2D eigenvalue weighted by molar-refractivity contribution is 0.276. The molecule has 0 heterocycles. The molecule has 0 fully saturated rings. The molecule has 0 saturated heterocycles. The van der Waals surface area contributed by atoms with Gasteiger partial charge in [0.1, 0.15) is 23.1 Å². The maximum Gasteiger partial charge on any atom is 0.146 e. The van der Waals surface area contributed by atoms with Gasteiger partial charge in [-0.05, 0) is 24.5 Å². The van der Waals surface area contributed by atoms with Crippen LogP contribution in [0.15, 0.2) is 47.4 Å². The van der Waals surface area contributed by atoms with Crippen molar-refractivity contribution in [3.05, 3.63) is 53.6 Å². The Bertz CT molecular complexity index is 620. The topological polar surface area (TPSA) is 53.2 Å². The van der Waals surface area contributed by atoms with Crippen LogP contribution >= 0.6 is 11.8 Å².